The van der Waals surface area contributed by atoms with E-state index in [-0.39, 0.29) is 50.8 Å². The van der Waals surface area contributed by atoms with E-state index < -0.39 is 22.3 Å². The van der Waals surface area contributed by atoms with Gasteiger partial charge in [-0.3, -0.25) is 4.55 Å². The third-order valence-corrected chi connectivity index (χ3v) is 6.45. The first-order valence-electron chi connectivity index (χ1n) is 11.5. The van der Waals surface area contributed by atoms with Crippen molar-refractivity contribution >= 4 is 20.9 Å². The lowest BCUT2D eigenvalue weighted by molar-refractivity contribution is 0.0208. The van der Waals surface area contributed by atoms with Crippen molar-refractivity contribution in [3.63, 3.8) is 0 Å². The van der Waals surface area contributed by atoms with Gasteiger partial charge in [-0.05, 0) is 6.42 Å². The van der Waals surface area contributed by atoms with Crippen LogP contribution in [0.5, 0.6) is 11.5 Å². The maximum absolute atomic E-state index is 11.9. The van der Waals surface area contributed by atoms with Gasteiger partial charge in [0, 0.05) is 28.3 Å². The van der Waals surface area contributed by atoms with E-state index in [9.17, 15) is 23.2 Å². The van der Waals surface area contributed by atoms with Crippen LogP contribution in [0.3, 0.4) is 0 Å². The van der Waals surface area contributed by atoms with Gasteiger partial charge in [-0.1, -0.05) is 42.5 Å². The van der Waals surface area contributed by atoms with Crippen molar-refractivity contribution in [1.29, 1.82) is 0 Å². The third-order valence-electron chi connectivity index (χ3n) is 5.48. The van der Waals surface area contributed by atoms with Crippen molar-refractivity contribution in [2.24, 2.45) is 0 Å². The summed E-state index contributed by atoms with van der Waals surface area (Å²) in [5.74, 6) is 0.871. The molecule has 0 bridgehead atoms. The highest BCUT2D eigenvalue weighted by Crippen LogP contribution is 2.44. The van der Waals surface area contributed by atoms with Crippen LogP contribution in [0.25, 0.3) is 10.8 Å². The van der Waals surface area contributed by atoms with E-state index in [0.717, 1.165) is 0 Å². The maximum Gasteiger partial charge on any atom is 0.290 e. The summed E-state index contributed by atoms with van der Waals surface area (Å²) in [5.41, 5.74) is 1.20. The number of allylic oxidation sites excluding steroid dienone is 2. The molecule has 0 spiro atoms. The quantitative estimate of drug-likeness (QED) is 0.184. The van der Waals surface area contributed by atoms with Crippen molar-refractivity contribution in [2.45, 2.75) is 25.0 Å². The highest BCUT2D eigenvalue weighted by atomic mass is 32.2. The van der Waals surface area contributed by atoms with Crippen molar-refractivity contribution in [2.75, 3.05) is 39.6 Å². The smallest absolute Gasteiger partial charge is 0.290 e. The van der Waals surface area contributed by atoms with Crippen LogP contribution in [0, 0.1) is 0 Å². The normalized spacial score (nSPS) is 15.0. The molecule has 3 N–H and O–H groups in total. The van der Waals surface area contributed by atoms with Crippen LogP contribution < -0.4 is 9.47 Å². The van der Waals surface area contributed by atoms with Crippen LogP contribution in [0.4, 0.5) is 0 Å². The van der Waals surface area contributed by atoms with E-state index in [1.807, 2.05) is 12.1 Å². The predicted molar refractivity (Wildman–Crippen MR) is 136 cm³/mol. The molecule has 196 valence electrons. The van der Waals surface area contributed by atoms with Crippen LogP contribution in [-0.2, 0) is 32.4 Å². The summed E-state index contributed by atoms with van der Waals surface area (Å²) < 4.78 is 56.1. The van der Waals surface area contributed by atoms with Crippen LogP contribution in [0.1, 0.15) is 11.1 Å². The average Bonchev–Trinajstić information content (AvgIpc) is 2.85. The third kappa shape index (κ3) is 7.16. The van der Waals surface area contributed by atoms with E-state index in [4.69, 9.17) is 18.9 Å². The molecule has 10 heteroatoms. The first-order valence-corrected chi connectivity index (χ1v) is 12.9. The van der Waals surface area contributed by atoms with Gasteiger partial charge < -0.3 is 29.2 Å². The Balaban J connectivity index is 1.98. The van der Waals surface area contributed by atoms with Crippen molar-refractivity contribution < 1.29 is 42.1 Å². The fourth-order valence-corrected chi connectivity index (χ4v) is 4.52. The molecule has 2 aromatic rings. The van der Waals surface area contributed by atoms with Crippen LogP contribution >= 0.6 is 0 Å². The largest absolute Gasteiger partial charge is 0.490 e. The molecule has 0 saturated heterocycles. The second kappa shape index (κ2) is 13.0. The van der Waals surface area contributed by atoms with Crippen molar-refractivity contribution in [3.05, 3.63) is 71.7 Å². The molecule has 0 heterocycles. The zero-order valence-electron chi connectivity index (χ0n) is 20.0. The summed E-state index contributed by atoms with van der Waals surface area (Å²) in [6, 6.07) is 7.27. The molecule has 1 aliphatic carbocycles. The second-order valence-corrected chi connectivity index (χ2v) is 9.74. The second-order valence-electron chi connectivity index (χ2n) is 8.27. The Morgan fingerprint density at radius 2 is 1.36 bits per heavy atom. The highest BCUT2D eigenvalue weighted by Gasteiger charge is 2.29. The number of benzene rings is 2. The van der Waals surface area contributed by atoms with E-state index in [1.165, 1.54) is 6.08 Å². The number of hydrogen-bond acceptors (Lipinski definition) is 8. The lowest BCUT2D eigenvalue weighted by Crippen LogP contribution is -2.25. The summed E-state index contributed by atoms with van der Waals surface area (Å²) in [7, 11) is -4.41. The first kappa shape index (κ1) is 27.9. The number of ether oxygens (including phenoxy) is 4. The number of aliphatic hydroxyl groups excluding tert-OH is 2. The summed E-state index contributed by atoms with van der Waals surface area (Å²) in [6.07, 6.45) is 2.81. The molecule has 2 unspecified atom stereocenters. The molecule has 0 radical (unpaired) electrons. The van der Waals surface area contributed by atoms with Gasteiger partial charge >= 0.3 is 0 Å². The Labute approximate surface area is 211 Å². The molecule has 1 aliphatic rings. The van der Waals surface area contributed by atoms with E-state index in [2.05, 4.69) is 13.2 Å². The lowest BCUT2D eigenvalue weighted by Gasteiger charge is -2.26. The first-order chi connectivity index (χ1) is 17.3. The lowest BCUT2D eigenvalue weighted by atomic mass is 9.90. The highest BCUT2D eigenvalue weighted by molar-refractivity contribution is 7.89. The zero-order chi connectivity index (χ0) is 26.1. The molecule has 0 fully saturated rings. The minimum absolute atomic E-state index is 0.0370. The summed E-state index contributed by atoms with van der Waals surface area (Å²) in [4.78, 5) is -0.145. The molecular formula is C26H32O9S. The Morgan fingerprint density at radius 1 is 0.861 bits per heavy atom. The number of rotatable bonds is 15. The molecule has 3 rings (SSSR count). The molecule has 0 saturated carbocycles. The standard InChI is InChI=1S/C26H32O9S/c1-3-11-32-14-18(27)16-34-25-21-7-5-6-8-22(21)26(35-17-19(28)15-33-12-4-2)24-13-20(36(29,30)31)9-10-23(24)25/h3-9,18-19,27-28H,1-2,10-17H2,(H,29,30,31). The van der Waals surface area contributed by atoms with Crippen LogP contribution in [0.2, 0.25) is 0 Å². The summed E-state index contributed by atoms with van der Waals surface area (Å²) in [5, 5.41) is 21.9. The molecule has 0 aromatic heterocycles. The van der Waals surface area contributed by atoms with Crippen LogP contribution in [-0.4, -0.2) is 75.0 Å². The van der Waals surface area contributed by atoms with Gasteiger partial charge in [-0.15, -0.1) is 13.2 Å². The molecular weight excluding hydrogens is 488 g/mol. The Bertz CT molecular complexity index is 1200. The van der Waals surface area contributed by atoms with E-state index in [1.54, 1.807) is 24.3 Å². The molecule has 2 atom stereocenters. The number of fused-ring (bicyclic) bond motifs is 2. The van der Waals surface area contributed by atoms with Gasteiger partial charge in [0.25, 0.3) is 10.1 Å². The van der Waals surface area contributed by atoms with Gasteiger partial charge in [0.15, 0.2) is 0 Å². The monoisotopic (exact) mass is 520 g/mol. The molecule has 9 nitrogen and oxygen atoms in total. The van der Waals surface area contributed by atoms with Gasteiger partial charge in [0.2, 0.25) is 0 Å². The molecule has 2 aromatic carbocycles. The molecule has 0 amide bonds. The molecule has 0 aliphatic heterocycles. The fourth-order valence-electron chi connectivity index (χ4n) is 3.90. The summed E-state index contributed by atoms with van der Waals surface area (Å²) >= 11 is 0. The topological polar surface area (TPSA) is 132 Å². The van der Waals surface area contributed by atoms with Gasteiger partial charge in [-0.25, -0.2) is 0 Å². The van der Waals surface area contributed by atoms with Gasteiger partial charge in [0.1, 0.15) is 36.9 Å². The van der Waals surface area contributed by atoms with Gasteiger partial charge in [0.05, 0.1) is 31.3 Å². The number of hydrogen-bond donors (Lipinski definition) is 3. The summed E-state index contributed by atoms with van der Waals surface area (Å²) in [6.45, 7) is 7.66. The van der Waals surface area contributed by atoms with Crippen molar-refractivity contribution in [3.8, 4) is 11.5 Å². The molecule has 36 heavy (non-hydrogen) atoms. The maximum atomic E-state index is 11.9. The fraction of sp³-hybridized carbons (Fsp3) is 0.385. The SMILES string of the molecule is C=CCOCC(O)COc1c2c(c(OCC(O)COCC=C)c3ccccc13)CC(S(=O)(=O)O)=CC2. The predicted octanol–water partition coefficient (Wildman–Crippen LogP) is 2.59. The van der Waals surface area contributed by atoms with E-state index in [0.29, 0.717) is 40.0 Å². The number of aliphatic hydroxyl groups is 2. The minimum atomic E-state index is -4.41. The average molecular weight is 521 g/mol. The van der Waals surface area contributed by atoms with E-state index >= 15 is 0 Å². The van der Waals surface area contributed by atoms with Crippen LogP contribution in [0.15, 0.2) is 60.6 Å². The van der Waals surface area contributed by atoms with Crippen molar-refractivity contribution in [1.82, 2.24) is 0 Å². The zero-order valence-corrected chi connectivity index (χ0v) is 20.8. The Morgan fingerprint density at radius 3 is 1.83 bits per heavy atom. The Kier molecular flexibility index (Phi) is 10.1. The Hall–Kier alpha value is -2.73. The van der Waals surface area contributed by atoms with Gasteiger partial charge in [-0.2, -0.15) is 8.42 Å². The minimum Gasteiger partial charge on any atom is -0.490 e.